The number of nitrogens with two attached hydrogens (primary N) is 2. The minimum atomic E-state index is -5.25. The number of aromatic nitrogens is 4. The zero-order chi connectivity index (χ0) is 38.3. The van der Waals surface area contributed by atoms with Crippen LogP contribution in [-0.2, 0) is 34.7 Å². The molecule has 25 heteroatoms. The van der Waals surface area contributed by atoms with E-state index in [9.17, 15) is 48.6 Å². The Kier molecular flexibility index (Phi) is 12.4. The number of rotatable bonds is 5. The highest BCUT2D eigenvalue weighted by atomic mass is 35.5. The second kappa shape index (κ2) is 15.1. The SMILES string of the molecule is CC[S+]([O-])c1c(C#N)nn(-c2c(Cl)cc(C(F)(F)F)cc2Cl)c1N.N#Cc1nn(-c2c(Cl)cc(C(F)(F)F)cc2Cl)c(N)c1[S+]([O-])C(F)(F)F. The lowest BCUT2D eigenvalue weighted by atomic mass is 10.2. The molecular weight excluding hydrogens is 821 g/mol. The van der Waals surface area contributed by atoms with Crippen LogP contribution in [0, 0.1) is 22.7 Å². The predicted octanol–water partition coefficient (Wildman–Crippen LogP) is 8.06. The van der Waals surface area contributed by atoms with Crippen LogP contribution in [0.4, 0.5) is 51.1 Å². The maximum absolute atomic E-state index is 12.8. The second-order valence-corrected chi connectivity index (χ2v) is 13.8. The Hall–Kier alpha value is -3.41. The van der Waals surface area contributed by atoms with Gasteiger partial charge in [-0.1, -0.05) is 46.4 Å². The summed E-state index contributed by atoms with van der Waals surface area (Å²) in [6.07, 6.45) is -9.42. The van der Waals surface area contributed by atoms with Crippen molar-refractivity contribution in [2.24, 2.45) is 0 Å². The summed E-state index contributed by atoms with van der Waals surface area (Å²) < 4.78 is 140. The van der Waals surface area contributed by atoms with Gasteiger partial charge in [0.05, 0.1) is 31.2 Å². The molecule has 0 spiro atoms. The second-order valence-electron chi connectivity index (χ2n) is 9.09. The lowest BCUT2D eigenvalue weighted by molar-refractivity contribution is -0.138. The summed E-state index contributed by atoms with van der Waals surface area (Å²) in [7, 11) is 0. The van der Waals surface area contributed by atoms with Gasteiger partial charge in [-0.2, -0.15) is 36.9 Å². The molecular formula is C25H13Cl4F9N8O2S2. The summed E-state index contributed by atoms with van der Waals surface area (Å²) in [6, 6.07) is 5.28. The Balaban J connectivity index is 0.000000271. The number of benzene rings is 2. The van der Waals surface area contributed by atoms with Crippen LogP contribution in [0.25, 0.3) is 11.4 Å². The molecule has 0 fully saturated rings. The van der Waals surface area contributed by atoms with Crippen molar-refractivity contribution in [2.75, 3.05) is 17.2 Å². The van der Waals surface area contributed by atoms with E-state index < -0.39 is 83.5 Å². The molecule has 0 radical (unpaired) electrons. The molecule has 0 aliphatic heterocycles. The summed E-state index contributed by atoms with van der Waals surface area (Å²) in [5, 5.41) is 23.3. The Bertz CT molecular complexity index is 1980. The number of anilines is 2. The van der Waals surface area contributed by atoms with Crippen LogP contribution in [0.15, 0.2) is 34.1 Å². The third-order valence-corrected chi connectivity index (χ3v) is 9.69. The monoisotopic (exact) mass is 832 g/mol. The first-order valence-electron chi connectivity index (χ1n) is 12.5. The molecule has 268 valence electrons. The van der Waals surface area contributed by atoms with Crippen LogP contribution in [-0.4, -0.2) is 39.9 Å². The van der Waals surface area contributed by atoms with Gasteiger partial charge in [-0.3, -0.25) is 0 Å². The first-order chi connectivity index (χ1) is 22.9. The van der Waals surface area contributed by atoms with Crippen molar-refractivity contribution in [2.45, 2.75) is 34.6 Å². The van der Waals surface area contributed by atoms with Crippen molar-refractivity contribution >= 4 is 80.4 Å². The fraction of sp³-hybridized carbons (Fsp3) is 0.200. The van der Waals surface area contributed by atoms with Crippen molar-refractivity contribution in [1.29, 1.82) is 10.5 Å². The van der Waals surface area contributed by atoms with Gasteiger partial charge in [0.25, 0.3) is 0 Å². The zero-order valence-corrected chi connectivity index (χ0v) is 28.6. The summed E-state index contributed by atoms with van der Waals surface area (Å²) in [4.78, 5) is -1.15. The van der Waals surface area contributed by atoms with Crippen molar-refractivity contribution in [3.8, 4) is 23.5 Å². The van der Waals surface area contributed by atoms with E-state index >= 15 is 0 Å². The molecule has 0 saturated carbocycles. The normalized spacial score (nSPS) is 13.2. The highest BCUT2D eigenvalue weighted by Gasteiger charge is 2.50. The molecule has 0 aliphatic carbocycles. The molecule has 50 heavy (non-hydrogen) atoms. The molecule has 2 atom stereocenters. The molecule has 2 heterocycles. The van der Waals surface area contributed by atoms with Crippen molar-refractivity contribution in [3.05, 3.63) is 66.9 Å². The van der Waals surface area contributed by atoms with Crippen LogP contribution in [0.3, 0.4) is 0 Å². The molecule has 2 aromatic carbocycles. The minimum Gasteiger partial charge on any atom is -0.611 e. The lowest BCUT2D eigenvalue weighted by Gasteiger charge is -2.14. The van der Waals surface area contributed by atoms with Crippen LogP contribution >= 0.6 is 46.4 Å². The molecule has 4 rings (SSSR count). The number of nitriles is 2. The first kappa shape index (κ1) is 41.0. The Labute approximate surface area is 300 Å². The van der Waals surface area contributed by atoms with E-state index in [1.807, 2.05) is 0 Å². The summed E-state index contributed by atoms with van der Waals surface area (Å²) in [5.41, 5.74) is 2.07. The van der Waals surface area contributed by atoms with Crippen molar-refractivity contribution < 1.29 is 48.6 Å². The highest BCUT2D eigenvalue weighted by molar-refractivity contribution is 7.92. The minimum absolute atomic E-state index is 0.00738. The molecule has 0 bridgehead atoms. The molecule has 0 aliphatic rings. The van der Waals surface area contributed by atoms with Gasteiger partial charge >= 0.3 is 17.9 Å². The zero-order valence-electron chi connectivity index (χ0n) is 23.9. The van der Waals surface area contributed by atoms with Crippen LogP contribution in [0.5, 0.6) is 0 Å². The van der Waals surface area contributed by atoms with E-state index in [1.54, 1.807) is 13.0 Å². The molecule has 4 N–H and O–H groups in total. The standard InChI is InChI=1S/C13H9Cl2F3N4OS.C12H4Cl2F6N4OS/c1-2-24(23)11-9(5-19)21-22(12(11)20)10-7(14)3-6(4-8(10)15)13(16,17)18;13-5-1-4(11(15,16)17)2-6(14)8(5)24-10(22)9(7(3-21)23-24)26(25)12(18,19)20/h3-4H,2,20H2,1H3;1-2H,22H2. The van der Waals surface area contributed by atoms with Crippen LogP contribution < -0.4 is 11.5 Å². The van der Waals surface area contributed by atoms with Crippen LogP contribution in [0.2, 0.25) is 20.1 Å². The Morgan fingerprint density at radius 3 is 1.30 bits per heavy atom. The number of nitrogen functional groups attached to an aromatic ring is 2. The van der Waals surface area contributed by atoms with Gasteiger partial charge in [0, 0.05) is 0 Å². The van der Waals surface area contributed by atoms with Gasteiger partial charge in [0.15, 0.2) is 11.6 Å². The predicted molar refractivity (Wildman–Crippen MR) is 165 cm³/mol. The molecule has 2 aromatic heterocycles. The van der Waals surface area contributed by atoms with Crippen molar-refractivity contribution in [3.63, 3.8) is 0 Å². The van der Waals surface area contributed by atoms with Crippen molar-refractivity contribution in [1.82, 2.24) is 19.6 Å². The number of alkyl halides is 9. The van der Waals surface area contributed by atoms with E-state index in [0.29, 0.717) is 28.9 Å². The fourth-order valence-electron chi connectivity index (χ4n) is 3.85. The Morgan fingerprint density at radius 1 is 0.700 bits per heavy atom. The van der Waals surface area contributed by atoms with E-state index in [1.165, 1.54) is 6.07 Å². The van der Waals surface area contributed by atoms with Gasteiger partial charge in [0.1, 0.15) is 40.4 Å². The average molecular weight is 834 g/mol. The average Bonchev–Trinajstić information content (AvgIpc) is 3.50. The third-order valence-electron chi connectivity index (χ3n) is 5.96. The first-order valence-corrected chi connectivity index (χ1v) is 16.5. The molecule has 0 saturated heterocycles. The summed E-state index contributed by atoms with van der Waals surface area (Å²) in [5.74, 6) is -0.893. The largest absolute Gasteiger partial charge is 0.611 e. The molecule has 4 aromatic rings. The third kappa shape index (κ3) is 8.37. The van der Waals surface area contributed by atoms with Gasteiger partial charge < -0.3 is 20.6 Å². The topological polar surface area (TPSA) is 181 Å². The quantitative estimate of drug-likeness (QED) is 0.150. The van der Waals surface area contributed by atoms with E-state index in [4.69, 9.17) is 68.4 Å². The maximum Gasteiger partial charge on any atom is 0.578 e. The van der Waals surface area contributed by atoms with E-state index in [2.05, 4.69) is 10.2 Å². The summed E-state index contributed by atoms with van der Waals surface area (Å²) in [6.45, 7) is 1.62. The van der Waals surface area contributed by atoms with Crippen LogP contribution in [0.1, 0.15) is 29.4 Å². The fourth-order valence-corrected chi connectivity index (χ4v) is 6.83. The number of halogens is 13. The molecule has 10 nitrogen and oxygen atoms in total. The maximum atomic E-state index is 12.8. The number of hydrogen-bond donors (Lipinski definition) is 2. The highest BCUT2D eigenvalue weighted by Crippen LogP contribution is 2.42. The smallest absolute Gasteiger partial charge is 0.578 e. The van der Waals surface area contributed by atoms with Gasteiger partial charge in [-0.05, 0) is 42.4 Å². The molecule has 0 amide bonds. The van der Waals surface area contributed by atoms with Gasteiger partial charge in [0.2, 0.25) is 21.2 Å². The molecule has 2 unspecified atom stereocenters. The van der Waals surface area contributed by atoms with Gasteiger partial charge in [-0.25, -0.2) is 9.36 Å². The van der Waals surface area contributed by atoms with E-state index in [-0.39, 0.29) is 37.9 Å². The summed E-state index contributed by atoms with van der Waals surface area (Å²) >= 11 is 18.0. The number of nitrogens with zero attached hydrogens (tertiary/aromatic N) is 6. The number of hydrogen-bond acceptors (Lipinski definition) is 8. The van der Waals surface area contributed by atoms with Gasteiger partial charge in [-0.15, -0.1) is 23.4 Å². The Morgan fingerprint density at radius 2 is 1.02 bits per heavy atom. The van der Waals surface area contributed by atoms with E-state index in [0.717, 1.165) is 4.68 Å². The lowest BCUT2D eigenvalue weighted by Crippen LogP contribution is -2.24.